The number of aliphatic hydroxyl groups is 1. The predicted octanol–water partition coefficient (Wildman–Crippen LogP) is 1.61. The smallest absolute Gasteiger partial charge is 0.223 e. The third kappa shape index (κ3) is 5.06. The lowest BCUT2D eigenvalue weighted by atomic mass is 10.3. The zero-order valence-electron chi connectivity index (χ0n) is 9.65. The molecule has 0 unspecified atom stereocenters. The zero-order valence-corrected chi connectivity index (χ0v) is 10.4. The van der Waals surface area contributed by atoms with Gasteiger partial charge in [0.05, 0.1) is 24.7 Å². The summed E-state index contributed by atoms with van der Waals surface area (Å²) in [4.78, 5) is 11.4. The van der Waals surface area contributed by atoms with Crippen molar-refractivity contribution >= 4 is 17.5 Å². The molecule has 0 aliphatic carbocycles. The molecule has 0 spiro atoms. The van der Waals surface area contributed by atoms with Gasteiger partial charge in [0.2, 0.25) is 5.91 Å². The highest BCUT2D eigenvalue weighted by molar-refractivity contribution is 6.32. The van der Waals surface area contributed by atoms with Gasteiger partial charge in [-0.3, -0.25) is 4.79 Å². The van der Waals surface area contributed by atoms with Gasteiger partial charge < -0.3 is 15.2 Å². The minimum Gasteiger partial charge on any atom is -0.491 e. The van der Waals surface area contributed by atoms with Crippen LogP contribution in [0.1, 0.15) is 13.3 Å². The van der Waals surface area contributed by atoms with Crippen LogP contribution in [0.2, 0.25) is 5.02 Å². The molecule has 0 radical (unpaired) electrons. The highest BCUT2D eigenvalue weighted by Crippen LogP contribution is 2.22. The van der Waals surface area contributed by atoms with Gasteiger partial charge in [0.25, 0.3) is 0 Å². The molecular weight excluding hydrogens is 242 g/mol. The fourth-order valence-electron chi connectivity index (χ4n) is 1.21. The van der Waals surface area contributed by atoms with E-state index in [1.54, 1.807) is 19.1 Å². The van der Waals surface area contributed by atoms with Crippen molar-refractivity contribution in [2.24, 2.45) is 0 Å². The maximum Gasteiger partial charge on any atom is 0.223 e. The summed E-state index contributed by atoms with van der Waals surface area (Å²) in [5.74, 6) is 0.413. The van der Waals surface area contributed by atoms with E-state index in [0.717, 1.165) is 0 Å². The second-order valence-corrected chi connectivity index (χ2v) is 4.09. The lowest BCUT2D eigenvalue weighted by Gasteiger charge is -2.11. The quantitative estimate of drug-likeness (QED) is 0.814. The molecule has 0 aliphatic rings. The molecule has 1 aromatic rings. The van der Waals surface area contributed by atoms with Crippen molar-refractivity contribution in [3.8, 4) is 5.75 Å². The Hall–Kier alpha value is -1.26. The first kappa shape index (κ1) is 13.8. The third-order valence-corrected chi connectivity index (χ3v) is 2.42. The van der Waals surface area contributed by atoms with Gasteiger partial charge in [-0.05, 0) is 19.1 Å². The molecule has 1 atom stereocenters. The number of carbonyl (C=O) groups is 1. The van der Waals surface area contributed by atoms with Crippen molar-refractivity contribution in [1.29, 1.82) is 0 Å². The Bertz CT molecular complexity index is 371. The van der Waals surface area contributed by atoms with Gasteiger partial charge in [-0.25, -0.2) is 0 Å². The number of amides is 1. The Labute approximate surface area is 106 Å². The molecule has 0 aliphatic heterocycles. The Morgan fingerprint density at radius 2 is 2.24 bits per heavy atom. The number of halogens is 1. The maximum absolute atomic E-state index is 11.4. The highest BCUT2D eigenvalue weighted by atomic mass is 35.5. The number of hydrogen-bond donors (Lipinski definition) is 2. The SMILES string of the molecule is C[C@H](CO)NC(=O)CCOc1ccccc1Cl. The van der Waals surface area contributed by atoms with Crippen molar-refractivity contribution in [2.75, 3.05) is 13.2 Å². The van der Waals surface area contributed by atoms with Crippen molar-refractivity contribution < 1.29 is 14.6 Å². The van der Waals surface area contributed by atoms with Crippen LogP contribution < -0.4 is 10.1 Å². The Balaban J connectivity index is 2.29. The van der Waals surface area contributed by atoms with Crippen LogP contribution in [0.15, 0.2) is 24.3 Å². The van der Waals surface area contributed by atoms with E-state index in [0.29, 0.717) is 10.8 Å². The van der Waals surface area contributed by atoms with Crippen molar-refractivity contribution in [3.05, 3.63) is 29.3 Å². The van der Waals surface area contributed by atoms with Crippen molar-refractivity contribution in [1.82, 2.24) is 5.32 Å². The molecule has 1 rings (SSSR count). The number of hydrogen-bond acceptors (Lipinski definition) is 3. The van der Waals surface area contributed by atoms with Gasteiger partial charge in [-0.1, -0.05) is 23.7 Å². The maximum atomic E-state index is 11.4. The van der Waals surface area contributed by atoms with Crippen LogP contribution in [-0.4, -0.2) is 30.3 Å². The second-order valence-electron chi connectivity index (χ2n) is 3.68. The van der Waals surface area contributed by atoms with Crippen LogP contribution in [0, 0.1) is 0 Å². The summed E-state index contributed by atoms with van der Waals surface area (Å²) in [5.41, 5.74) is 0. The normalized spacial score (nSPS) is 11.9. The topological polar surface area (TPSA) is 58.6 Å². The lowest BCUT2D eigenvalue weighted by molar-refractivity contribution is -0.122. The van der Waals surface area contributed by atoms with E-state index in [1.807, 2.05) is 12.1 Å². The van der Waals surface area contributed by atoms with Crippen LogP contribution in [0.3, 0.4) is 0 Å². The van der Waals surface area contributed by atoms with E-state index in [4.69, 9.17) is 21.4 Å². The minimum absolute atomic E-state index is 0.0723. The Morgan fingerprint density at radius 3 is 2.88 bits per heavy atom. The van der Waals surface area contributed by atoms with Crippen LogP contribution in [0.25, 0.3) is 0 Å². The summed E-state index contributed by atoms with van der Waals surface area (Å²) in [6, 6.07) is 6.87. The summed E-state index contributed by atoms with van der Waals surface area (Å²) >= 11 is 5.89. The van der Waals surface area contributed by atoms with E-state index in [9.17, 15) is 4.79 Å². The van der Waals surface area contributed by atoms with E-state index in [2.05, 4.69) is 5.32 Å². The fourth-order valence-corrected chi connectivity index (χ4v) is 1.40. The molecule has 94 valence electrons. The minimum atomic E-state index is -0.234. The number of aliphatic hydroxyl groups excluding tert-OH is 1. The number of rotatable bonds is 6. The largest absolute Gasteiger partial charge is 0.491 e. The van der Waals surface area contributed by atoms with Gasteiger partial charge in [0.1, 0.15) is 5.75 Å². The molecule has 0 heterocycles. The first-order chi connectivity index (χ1) is 8.13. The molecule has 1 amide bonds. The van der Waals surface area contributed by atoms with Gasteiger partial charge in [-0.15, -0.1) is 0 Å². The molecule has 0 saturated heterocycles. The highest BCUT2D eigenvalue weighted by Gasteiger charge is 2.06. The standard InChI is InChI=1S/C12H16ClNO3/c1-9(8-15)14-12(16)6-7-17-11-5-3-2-4-10(11)13/h2-5,9,15H,6-8H2,1H3,(H,14,16)/t9-/m1/s1. The number of benzene rings is 1. The van der Waals surface area contributed by atoms with Gasteiger partial charge in [0, 0.05) is 6.04 Å². The first-order valence-electron chi connectivity index (χ1n) is 5.41. The Morgan fingerprint density at radius 1 is 1.53 bits per heavy atom. The van der Waals surface area contributed by atoms with E-state index < -0.39 is 0 Å². The van der Waals surface area contributed by atoms with Gasteiger partial charge >= 0.3 is 0 Å². The van der Waals surface area contributed by atoms with E-state index in [1.165, 1.54) is 0 Å². The zero-order chi connectivity index (χ0) is 12.7. The van der Waals surface area contributed by atoms with E-state index in [-0.39, 0.29) is 31.6 Å². The first-order valence-corrected chi connectivity index (χ1v) is 5.79. The van der Waals surface area contributed by atoms with Crippen LogP contribution in [0.5, 0.6) is 5.75 Å². The average molecular weight is 258 g/mol. The molecule has 1 aromatic carbocycles. The molecular formula is C12H16ClNO3. The van der Waals surface area contributed by atoms with Crippen LogP contribution in [0.4, 0.5) is 0 Å². The predicted molar refractivity (Wildman–Crippen MR) is 66.3 cm³/mol. The van der Waals surface area contributed by atoms with Crippen molar-refractivity contribution in [2.45, 2.75) is 19.4 Å². The summed E-state index contributed by atoms with van der Waals surface area (Å²) in [6.45, 7) is 1.91. The monoisotopic (exact) mass is 257 g/mol. The molecule has 0 fully saturated rings. The number of ether oxygens (including phenoxy) is 1. The molecule has 0 aromatic heterocycles. The summed E-state index contributed by atoms with van der Waals surface area (Å²) in [5, 5.41) is 11.9. The van der Waals surface area contributed by atoms with Gasteiger partial charge in [-0.2, -0.15) is 0 Å². The van der Waals surface area contributed by atoms with Gasteiger partial charge in [0.15, 0.2) is 0 Å². The molecule has 4 nitrogen and oxygen atoms in total. The second kappa shape index (κ2) is 7.14. The molecule has 2 N–H and O–H groups in total. The average Bonchev–Trinajstić information content (AvgIpc) is 2.31. The number of carbonyl (C=O) groups excluding carboxylic acids is 1. The lowest BCUT2D eigenvalue weighted by Crippen LogP contribution is -2.35. The molecule has 0 bridgehead atoms. The Kier molecular flexibility index (Phi) is 5.80. The third-order valence-electron chi connectivity index (χ3n) is 2.10. The molecule has 5 heteroatoms. The van der Waals surface area contributed by atoms with Crippen LogP contribution >= 0.6 is 11.6 Å². The number of para-hydroxylation sites is 1. The van der Waals surface area contributed by atoms with Crippen molar-refractivity contribution in [3.63, 3.8) is 0 Å². The summed E-state index contributed by atoms with van der Waals surface area (Å²) in [7, 11) is 0. The fraction of sp³-hybridized carbons (Fsp3) is 0.417. The summed E-state index contributed by atoms with van der Waals surface area (Å²) in [6.07, 6.45) is 0.232. The summed E-state index contributed by atoms with van der Waals surface area (Å²) < 4.78 is 5.37. The molecule has 0 saturated carbocycles. The van der Waals surface area contributed by atoms with Crippen LogP contribution in [-0.2, 0) is 4.79 Å². The molecule has 17 heavy (non-hydrogen) atoms. The van der Waals surface area contributed by atoms with E-state index >= 15 is 0 Å². The number of nitrogens with one attached hydrogen (secondary N) is 1.